The van der Waals surface area contributed by atoms with Crippen LogP contribution in [-0.4, -0.2) is 39.5 Å². The Balaban J connectivity index is 2.12. The van der Waals surface area contributed by atoms with Crippen LogP contribution >= 0.6 is 11.8 Å². The van der Waals surface area contributed by atoms with Gasteiger partial charge >= 0.3 is 0 Å². The average molecular weight is 319 g/mol. The first-order chi connectivity index (χ1) is 10.5. The fourth-order valence-electron chi connectivity index (χ4n) is 2.11. The lowest BCUT2D eigenvalue weighted by molar-refractivity contribution is 0.0993. The Hall–Kier alpha value is -1.66. The first-order valence-electron chi connectivity index (χ1n) is 7.17. The van der Waals surface area contributed by atoms with Gasteiger partial charge in [0.1, 0.15) is 6.33 Å². The molecular weight excluding hydrogens is 298 g/mol. The van der Waals surface area contributed by atoms with Gasteiger partial charge in [0.15, 0.2) is 10.9 Å². The summed E-state index contributed by atoms with van der Waals surface area (Å²) in [5, 5.41) is 8.53. The second kappa shape index (κ2) is 7.56. The van der Waals surface area contributed by atoms with Crippen LogP contribution in [0.5, 0.6) is 0 Å². The molecule has 0 N–H and O–H groups in total. The van der Waals surface area contributed by atoms with Gasteiger partial charge < -0.3 is 9.30 Å². The molecule has 1 atom stereocenters. The summed E-state index contributed by atoms with van der Waals surface area (Å²) in [6, 6.07) is 5.96. The Morgan fingerprint density at radius 1 is 1.41 bits per heavy atom. The summed E-state index contributed by atoms with van der Waals surface area (Å²) in [5.74, 6) is 0.118. The minimum Gasteiger partial charge on any atom is -0.383 e. The van der Waals surface area contributed by atoms with Crippen LogP contribution in [0, 0.1) is 13.8 Å². The summed E-state index contributed by atoms with van der Waals surface area (Å²) in [6.07, 6.45) is 1.66. The topological polar surface area (TPSA) is 57.0 Å². The van der Waals surface area contributed by atoms with Crippen molar-refractivity contribution in [1.82, 2.24) is 14.8 Å². The lowest BCUT2D eigenvalue weighted by Crippen LogP contribution is -2.16. The summed E-state index contributed by atoms with van der Waals surface area (Å²) in [5.41, 5.74) is 2.88. The van der Waals surface area contributed by atoms with Crippen molar-refractivity contribution < 1.29 is 9.53 Å². The number of benzene rings is 1. The molecule has 118 valence electrons. The fourth-order valence-corrected chi connectivity index (χ4v) is 3.03. The molecular formula is C16H21N3O2S. The van der Waals surface area contributed by atoms with Crippen LogP contribution in [0.25, 0.3) is 0 Å². The number of ether oxygens (including phenoxy) is 1. The van der Waals surface area contributed by atoms with Gasteiger partial charge in [-0.1, -0.05) is 29.5 Å². The summed E-state index contributed by atoms with van der Waals surface area (Å²) in [6.45, 7) is 7.13. The van der Waals surface area contributed by atoms with E-state index in [2.05, 4.69) is 10.2 Å². The van der Waals surface area contributed by atoms with E-state index in [1.165, 1.54) is 11.8 Å². The minimum atomic E-state index is -0.217. The zero-order valence-electron chi connectivity index (χ0n) is 13.4. The predicted molar refractivity (Wildman–Crippen MR) is 87.5 cm³/mol. The number of hydrogen-bond donors (Lipinski definition) is 0. The van der Waals surface area contributed by atoms with E-state index in [0.29, 0.717) is 13.2 Å². The maximum Gasteiger partial charge on any atom is 0.191 e. The van der Waals surface area contributed by atoms with E-state index < -0.39 is 0 Å². The molecule has 2 rings (SSSR count). The summed E-state index contributed by atoms with van der Waals surface area (Å²) >= 11 is 1.43. The van der Waals surface area contributed by atoms with Crippen LogP contribution in [0.1, 0.15) is 28.4 Å². The number of methoxy groups -OCH3 is 1. The number of carbonyl (C=O) groups excluding carboxylic acids is 1. The third-order valence-corrected chi connectivity index (χ3v) is 4.52. The molecule has 1 aromatic carbocycles. The van der Waals surface area contributed by atoms with Crippen molar-refractivity contribution in [2.75, 3.05) is 13.7 Å². The highest BCUT2D eigenvalue weighted by molar-refractivity contribution is 8.00. The number of carbonyl (C=O) groups is 1. The van der Waals surface area contributed by atoms with Crippen LogP contribution < -0.4 is 0 Å². The average Bonchev–Trinajstić information content (AvgIpc) is 2.94. The first kappa shape index (κ1) is 16.7. The van der Waals surface area contributed by atoms with Gasteiger partial charge in [0, 0.05) is 19.2 Å². The van der Waals surface area contributed by atoms with Gasteiger partial charge in [-0.25, -0.2) is 0 Å². The van der Waals surface area contributed by atoms with Gasteiger partial charge in [-0.05, 0) is 32.4 Å². The quantitative estimate of drug-likeness (QED) is 0.580. The van der Waals surface area contributed by atoms with Crippen LogP contribution in [-0.2, 0) is 11.3 Å². The molecule has 5 nitrogen and oxygen atoms in total. The molecule has 0 radical (unpaired) electrons. The van der Waals surface area contributed by atoms with Crippen molar-refractivity contribution in [1.29, 1.82) is 0 Å². The Kier molecular flexibility index (Phi) is 5.74. The SMILES string of the molecule is COCCn1cnnc1S[C@H](C)C(=O)c1cc(C)ccc1C. The second-order valence-electron chi connectivity index (χ2n) is 5.24. The fraction of sp³-hybridized carbons (Fsp3) is 0.438. The number of nitrogens with zero attached hydrogens (tertiary/aromatic N) is 3. The maximum absolute atomic E-state index is 12.7. The number of ketones is 1. The number of rotatable bonds is 7. The molecule has 0 saturated heterocycles. The number of hydrogen-bond acceptors (Lipinski definition) is 5. The molecule has 0 aliphatic heterocycles. The lowest BCUT2D eigenvalue weighted by Gasteiger charge is -2.13. The molecule has 0 amide bonds. The van der Waals surface area contributed by atoms with Gasteiger partial charge in [0.25, 0.3) is 0 Å². The van der Waals surface area contributed by atoms with Gasteiger partial charge in [-0.2, -0.15) is 0 Å². The summed E-state index contributed by atoms with van der Waals surface area (Å²) < 4.78 is 6.97. The number of thioether (sulfide) groups is 1. The number of Topliss-reactive ketones (excluding diaryl/α,β-unsaturated/α-hetero) is 1. The minimum absolute atomic E-state index is 0.118. The third kappa shape index (κ3) is 3.96. The molecule has 0 bridgehead atoms. The van der Waals surface area contributed by atoms with Crippen molar-refractivity contribution >= 4 is 17.5 Å². The number of aromatic nitrogens is 3. The van der Waals surface area contributed by atoms with Crippen molar-refractivity contribution in [2.24, 2.45) is 0 Å². The van der Waals surface area contributed by atoms with E-state index in [0.717, 1.165) is 21.8 Å². The maximum atomic E-state index is 12.7. The lowest BCUT2D eigenvalue weighted by atomic mass is 10.0. The Morgan fingerprint density at radius 2 is 2.18 bits per heavy atom. The molecule has 2 aromatic rings. The third-order valence-electron chi connectivity index (χ3n) is 3.43. The van der Waals surface area contributed by atoms with Crippen molar-refractivity contribution in [2.45, 2.75) is 37.7 Å². The van der Waals surface area contributed by atoms with Crippen LogP contribution in [0.3, 0.4) is 0 Å². The summed E-state index contributed by atoms with van der Waals surface area (Å²) in [4.78, 5) is 12.7. The Morgan fingerprint density at radius 3 is 2.91 bits per heavy atom. The second-order valence-corrected chi connectivity index (χ2v) is 6.55. The Labute approximate surface area is 135 Å². The molecule has 0 unspecified atom stereocenters. The zero-order chi connectivity index (χ0) is 16.1. The van der Waals surface area contributed by atoms with Gasteiger partial charge in [0.05, 0.1) is 11.9 Å². The predicted octanol–water partition coefficient (Wildman–Crippen LogP) is 2.90. The van der Waals surface area contributed by atoms with E-state index in [-0.39, 0.29) is 11.0 Å². The van der Waals surface area contributed by atoms with E-state index in [1.54, 1.807) is 13.4 Å². The normalized spacial score (nSPS) is 12.4. The summed E-state index contributed by atoms with van der Waals surface area (Å²) in [7, 11) is 1.66. The highest BCUT2D eigenvalue weighted by Crippen LogP contribution is 2.25. The molecule has 0 aliphatic rings. The molecule has 0 spiro atoms. The van der Waals surface area contributed by atoms with Gasteiger partial charge in [-0.15, -0.1) is 10.2 Å². The van der Waals surface area contributed by atoms with Crippen LogP contribution in [0.15, 0.2) is 29.7 Å². The van der Waals surface area contributed by atoms with E-state index in [4.69, 9.17) is 4.74 Å². The molecule has 0 saturated carbocycles. The highest BCUT2D eigenvalue weighted by Gasteiger charge is 2.20. The van der Waals surface area contributed by atoms with Gasteiger partial charge in [0.2, 0.25) is 0 Å². The largest absolute Gasteiger partial charge is 0.383 e. The van der Waals surface area contributed by atoms with Gasteiger partial charge in [-0.3, -0.25) is 4.79 Å². The standard InChI is InChI=1S/C16H21N3O2S/c1-11-5-6-12(2)14(9-11)15(20)13(3)22-16-18-17-10-19(16)7-8-21-4/h5-6,9-10,13H,7-8H2,1-4H3/t13-/m1/s1. The molecule has 1 aromatic heterocycles. The van der Waals surface area contributed by atoms with Crippen molar-refractivity contribution in [3.05, 3.63) is 41.2 Å². The van der Waals surface area contributed by atoms with E-state index in [1.807, 2.05) is 43.5 Å². The highest BCUT2D eigenvalue weighted by atomic mass is 32.2. The number of aryl methyl sites for hydroxylation is 2. The Bertz CT molecular complexity index is 655. The van der Waals surface area contributed by atoms with Crippen LogP contribution in [0.2, 0.25) is 0 Å². The first-order valence-corrected chi connectivity index (χ1v) is 8.05. The molecule has 22 heavy (non-hydrogen) atoms. The van der Waals surface area contributed by atoms with Crippen LogP contribution in [0.4, 0.5) is 0 Å². The van der Waals surface area contributed by atoms with Crippen molar-refractivity contribution in [3.63, 3.8) is 0 Å². The zero-order valence-corrected chi connectivity index (χ0v) is 14.2. The smallest absolute Gasteiger partial charge is 0.191 e. The molecule has 0 fully saturated rings. The van der Waals surface area contributed by atoms with Crippen molar-refractivity contribution in [3.8, 4) is 0 Å². The van der Waals surface area contributed by atoms with E-state index in [9.17, 15) is 4.79 Å². The monoisotopic (exact) mass is 319 g/mol. The molecule has 0 aliphatic carbocycles. The van der Waals surface area contributed by atoms with E-state index >= 15 is 0 Å². The molecule has 6 heteroatoms. The molecule has 1 heterocycles.